The van der Waals surface area contributed by atoms with Gasteiger partial charge in [-0.3, -0.25) is 0 Å². The highest BCUT2D eigenvalue weighted by molar-refractivity contribution is 6.76. The average Bonchev–Trinajstić information content (AvgIpc) is 2.41. The van der Waals surface area contributed by atoms with Crippen molar-refractivity contribution in [2.75, 3.05) is 20.5 Å². The predicted molar refractivity (Wildman–Crippen MR) is 83.4 cm³/mol. The molecule has 1 aromatic carbocycles. The van der Waals surface area contributed by atoms with E-state index in [1.165, 1.54) is 0 Å². The number of benzene rings is 1. The first kappa shape index (κ1) is 17.7. The molecule has 0 heterocycles. The molecule has 5 nitrogen and oxygen atoms in total. The van der Waals surface area contributed by atoms with Crippen molar-refractivity contribution in [3.63, 3.8) is 0 Å². The van der Waals surface area contributed by atoms with Crippen molar-refractivity contribution in [3.8, 4) is 5.75 Å². The number of hydrogen-bond acceptors (Lipinski definition) is 4. The van der Waals surface area contributed by atoms with Gasteiger partial charge in [-0.1, -0.05) is 31.8 Å². The van der Waals surface area contributed by atoms with Gasteiger partial charge < -0.3 is 19.3 Å². The first-order chi connectivity index (χ1) is 9.83. The molecule has 0 radical (unpaired) electrons. The minimum atomic E-state index is -1.14. The molecule has 0 fully saturated rings. The zero-order valence-corrected chi connectivity index (χ0v) is 14.1. The van der Waals surface area contributed by atoms with E-state index < -0.39 is 20.1 Å². The fourth-order valence-electron chi connectivity index (χ4n) is 1.64. The molecule has 0 aliphatic heterocycles. The van der Waals surface area contributed by atoms with Crippen LogP contribution in [0.2, 0.25) is 25.7 Å². The largest absolute Gasteiger partial charge is 0.497 e. The smallest absolute Gasteiger partial charge is 0.337 e. The average molecular weight is 312 g/mol. The lowest BCUT2D eigenvalue weighted by Crippen LogP contribution is -2.23. The third kappa shape index (κ3) is 6.75. The van der Waals surface area contributed by atoms with Crippen molar-refractivity contribution in [3.05, 3.63) is 29.8 Å². The number of carboxylic acids is 1. The van der Waals surface area contributed by atoms with Crippen molar-refractivity contribution < 1.29 is 24.1 Å². The summed E-state index contributed by atoms with van der Waals surface area (Å²) in [4.78, 5) is 11.3. The Morgan fingerprint density at radius 3 is 2.33 bits per heavy atom. The van der Waals surface area contributed by atoms with Crippen LogP contribution in [-0.4, -0.2) is 39.7 Å². The highest BCUT2D eigenvalue weighted by atomic mass is 28.3. The summed E-state index contributed by atoms with van der Waals surface area (Å²) in [6, 6.07) is 7.80. The van der Waals surface area contributed by atoms with E-state index in [4.69, 9.17) is 14.2 Å². The zero-order chi connectivity index (χ0) is 15.9. The minimum absolute atomic E-state index is 0.0204. The van der Waals surface area contributed by atoms with Crippen LogP contribution in [0.25, 0.3) is 0 Å². The summed E-state index contributed by atoms with van der Waals surface area (Å²) >= 11 is 0. The fourth-order valence-corrected chi connectivity index (χ4v) is 2.40. The van der Waals surface area contributed by atoms with Gasteiger partial charge in [0.05, 0.1) is 7.11 Å². The first-order valence-electron chi connectivity index (χ1n) is 6.89. The Kier molecular flexibility index (Phi) is 6.87. The maximum atomic E-state index is 11.3. The Morgan fingerprint density at radius 1 is 1.24 bits per heavy atom. The zero-order valence-electron chi connectivity index (χ0n) is 13.1. The number of methoxy groups -OCH3 is 1. The summed E-state index contributed by atoms with van der Waals surface area (Å²) in [5, 5.41) is 9.23. The summed E-state index contributed by atoms with van der Waals surface area (Å²) < 4.78 is 15.8. The van der Waals surface area contributed by atoms with Crippen LogP contribution in [0.15, 0.2) is 24.3 Å². The molecule has 21 heavy (non-hydrogen) atoms. The third-order valence-corrected chi connectivity index (χ3v) is 4.66. The molecule has 1 rings (SSSR count). The van der Waals surface area contributed by atoms with E-state index in [9.17, 15) is 9.90 Å². The number of carboxylic acid groups (broad SMARTS) is 1. The van der Waals surface area contributed by atoms with Crippen LogP contribution in [0.5, 0.6) is 5.75 Å². The monoisotopic (exact) mass is 312 g/mol. The molecule has 1 N–H and O–H groups in total. The third-order valence-electron chi connectivity index (χ3n) is 2.96. The van der Waals surface area contributed by atoms with Crippen molar-refractivity contribution in [2.45, 2.75) is 31.8 Å². The molecule has 1 aromatic rings. The van der Waals surface area contributed by atoms with Gasteiger partial charge in [0.2, 0.25) is 0 Å². The normalized spacial score (nSPS) is 13.0. The maximum absolute atomic E-state index is 11.3. The Bertz CT molecular complexity index is 438. The van der Waals surface area contributed by atoms with Gasteiger partial charge in [-0.25, -0.2) is 4.79 Å². The molecule has 0 aromatic heterocycles. The summed E-state index contributed by atoms with van der Waals surface area (Å²) in [7, 11) is 0.421. The van der Waals surface area contributed by atoms with E-state index in [0.717, 1.165) is 6.04 Å². The molecule has 0 aliphatic rings. The Labute approximate surface area is 126 Å². The number of ether oxygens (including phenoxy) is 3. The van der Waals surface area contributed by atoms with Crippen LogP contribution in [0.4, 0.5) is 0 Å². The predicted octanol–water partition coefficient (Wildman–Crippen LogP) is 3.15. The van der Waals surface area contributed by atoms with Crippen LogP contribution >= 0.6 is 0 Å². The first-order valence-corrected chi connectivity index (χ1v) is 10.6. The molecule has 0 bridgehead atoms. The van der Waals surface area contributed by atoms with Crippen LogP contribution < -0.4 is 4.74 Å². The summed E-state index contributed by atoms with van der Waals surface area (Å²) in [5.74, 6) is -0.358. The summed E-state index contributed by atoms with van der Waals surface area (Å²) in [6.07, 6.45) is -1.03. The van der Waals surface area contributed by atoms with Gasteiger partial charge in [0.15, 0.2) is 6.10 Å². The van der Waals surface area contributed by atoms with Gasteiger partial charge in [-0.05, 0) is 23.7 Å². The van der Waals surface area contributed by atoms with Crippen molar-refractivity contribution in [1.82, 2.24) is 0 Å². The molecule has 118 valence electrons. The standard InChI is InChI=1S/C15H24O5Si/c1-18-13-7-5-12(6-8-13)14(15(16)17)20-11-19-9-10-21(2,3)4/h5-8,14H,9-11H2,1-4H3,(H,16,17)/t14-/m1/s1. The lowest BCUT2D eigenvalue weighted by Gasteiger charge is -2.17. The van der Waals surface area contributed by atoms with Crippen LogP contribution in [0, 0.1) is 0 Å². The van der Waals surface area contributed by atoms with Crippen molar-refractivity contribution in [1.29, 1.82) is 0 Å². The molecule has 0 aliphatic carbocycles. The second-order valence-corrected chi connectivity index (χ2v) is 11.6. The number of hydrogen-bond donors (Lipinski definition) is 1. The van der Waals surface area contributed by atoms with Crippen LogP contribution in [-0.2, 0) is 14.3 Å². The van der Waals surface area contributed by atoms with Gasteiger partial charge in [-0.15, -0.1) is 0 Å². The van der Waals surface area contributed by atoms with E-state index in [0.29, 0.717) is 17.9 Å². The Balaban J connectivity index is 2.48. The summed E-state index contributed by atoms with van der Waals surface area (Å²) in [5.41, 5.74) is 0.567. The molecule has 0 spiro atoms. The van der Waals surface area contributed by atoms with Crippen molar-refractivity contribution in [2.24, 2.45) is 0 Å². The molecular weight excluding hydrogens is 288 g/mol. The molecule has 0 saturated carbocycles. The van der Waals surface area contributed by atoms with E-state index >= 15 is 0 Å². The number of carbonyl (C=O) groups is 1. The SMILES string of the molecule is COc1ccc([C@@H](OCOCC[Si](C)(C)C)C(=O)O)cc1. The molecular formula is C15H24O5Si. The molecule has 0 unspecified atom stereocenters. The van der Waals surface area contributed by atoms with Crippen LogP contribution in [0.1, 0.15) is 11.7 Å². The minimum Gasteiger partial charge on any atom is -0.497 e. The second kappa shape index (κ2) is 8.16. The number of rotatable bonds is 9. The second-order valence-electron chi connectivity index (χ2n) is 5.99. The Hall–Kier alpha value is -1.37. The van der Waals surface area contributed by atoms with Gasteiger partial charge >= 0.3 is 5.97 Å². The van der Waals surface area contributed by atoms with Gasteiger partial charge in [0.25, 0.3) is 0 Å². The highest BCUT2D eigenvalue weighted by Gasteiger charge is 2.21. The van der Waals surface area contributed by atoms with Crippen molar-refractivity contribution >= 4 is 14.0 Å². The lowest BCUT2D eigenvalue weighted by atomic mass is 10.1. The molecule has 0 amide bonds. The van der Waals surface area contributed by atoms with E-state index in [-0.39, 0.29) is 6.79 Å². The number of aliphatic carboxylic acids is 1. The lowest BCUT2D eigenvalue weighted by molar-refractivity contribution is -0.161. The van der Waals surface area contributed by atoms with E-state index in [2.05, 4.69) is 19.6 Å². The van der Waals surface area contributed by atoms with E-state index in [1.54, 1.807) is 31.4 Å². The quantitative estimate of drug-likeness (QED) is 0.431. The van der Waals surface area contributed by atoms with Crippen LogP contribution in [0.3, 0.4) is 0 Å². The highest BCUT2D eigenvalue weighted by Crippen LogP contribution is 2.21. The summed E-state index contributed by atoms with van der Waals surface area (Å²) in [6.45, 7) is 7.36. The molecule has 1 atom stereocenters. The van der Waals surface area contributed by atoms with Gasteiger partial charge in [-0.2, -0.15) is 0 Å². The Morgan fingerprint density at radius 2 is 1.86 bits per heavy atom. The molecule has 0 saturated heterocycles. The molecule has 6 heteroatoms. The van der Waals surface area contributed by atoms with Gasteiger partial charge in [0, 0.05) is 14.7 Å². The topological polar surface area (TPSA) is 65.0 Å². The maximum Gasteiger partial charge on any atom is 0.337 e. The fraction of sp³-hybridized carbons (Fsp3) is 0.533. The van der Waals surface area contributed by atoms with Gasteiger partial charge in [0.1, 0.15) is 12.5 Å². The van der Waals surface area contributed by atoms with E-state index in [1.807, 2.05) is 0 Å².